The zero-order valence-electron chi connectivity index (χ0n) is 9.42. The Morgan fingerprint density at radius 1 is 1.20 bits per heavy atom. The van der Waals surface area contributed by atoms with Crippen LogP contribution in [0.25, 0.3) is 0 Å². The number of carbonyl (C=O) groups excluding carboxylic acids is 1. The van der Waals surface area contributed by atoms with Gasteiger partial charge in [-0.25, -0.2) is 0 Å². The molecule has 2 rings (SSSR count). The van der Waals surface area contributed by atoms with Crippen LogP contribution in [-0.2, 0) is 6.42 Å². The monoisotopic (exact) mass is 203 g/mol. The zero-order chi connectivity index (χ0) is 10.8. The van der Waals surface area contributed by atoms with Crippen LogP contribution in [0.1, 0.15) is 36.2 Å². The first kappa shape index (κ1) is 10.2. The maximum atomic E-state index is 11.8. The minimum atomic E-state index is 0.313. The Morgan fingerprint density at radius 3 is 2.60 bits per heavy atom. The lowest BCUT2D eigenvalue weighted by molar-refractivity contribution is 0.0995. The molecule has 0 radical (unpaired) electrons. The molecule has 80 valence electrons. The van der Waals surface area contributed by atoms with E-state index in [1.165, 1.54) is 5.56 Å². The summed E-state index contributed by atoms with van der Waals surface area (Å²) < 4.78 is 0. The third-order valence-corrected chi connectivity index (χ3v) is 3.13. The molecule has 1 aliphatic rings. The van der Waals surface area contributed by atoms with E-state index in [1.54, 1.807) is 0 Å². The molecule has 0 spiro atoms. The average Bonchev–Trinajstić information content (AvgIpc) is 2.63. The lowest BCUT2D eigenvalue weighted by Gasteiger charge is -2.23. The molecule has 1 aromatic carbocycles. The molecule has 0 atom stereocenters. The number of rotatable bonds is 3. The van der Waals surface area contributed by atoms with Gasteiger partial charge in [-0.1, -0.05) is 12.1 Å². The first-order chi connectivity index (χ1) is 7.27. The van der Waals surface area contributed by atoms with Crippen molar-refractivity contribution in [3.05, 3.63) is 29.3 Å². The van der Waals surface area contributed by atoms with Gasteiger partial charge in [-0.3, -0.25) is 4.79 Å². The number of fused-ring (bicyclic) bond motifs is 1. The number of hydrogen-bond donors (Lipinski definition) is 0. The third kappa shape index (κ3) is 1.65. The number of anilines is 1. The van der Waals surface area contributed by atoms with E-state index < -0.39 is 0 Å². The second-order valence-corrected chi connectivity index (χ2v) is 3.91. The van der Waals surface area contributed by atoms with Crippen molar-refractivity contribution in [2.24, 2.45) is 0 Å². The molecule has 0 aromatic heterocycles. The van der Waals surface area contributed by atoms with Crippen LogP contribution in [0.15, 0.2) is 18.2 Å². The first-order valence-electron chi connectivity index (χ1n) is 5.68. The minimum absolute atomic E-state index is 0.313. The Kier molecular flexibility index (Phi) is 2.76. The highest BCUT2D eigenvalue weighted by Crippen LogP contribution is 2.31. The van der Waals surface area contributed by atoms with Crippen LogP contribution in [-0.4, -0.2) is 18.9 Å². The van der Waals surface area contributed by atoms with Gasteiger partial charge in [0.1, 0.15) is 0 Å². The van der Waals surface area contributed by atoms with Crippen molar-refractivity contribution < 1.29 is 4.79 Å². The molecule has 0 aliphatic heterocycles. The van der Waals surface area contributed by atoms with Crippen LogP contribution in [0.2, 0.25) is 0 Å². The topological polar surface area (TPSA) is 20.3 Å². The van der Waals surface area contributed by atoms with E-state index in [2.05, 4.69) is 36.9 Å². The second kappa shape index (κ2) is 4.05. The molecule has 2 heteroatoms. The molecule has 0 saturated carbocycles. The van der Waals surface area contributed by atoms with Crippen LogP contribution in [0.5, 0.6) is 0 Å². The molecule has 15 heavy (non-hydrogen) atoms. The summed E-state index contributed by atoms with van der Waals surface area (Å²) in [4.78, 5) is 14.0. The molecule has 2 nitrogen and oxygen atoms in total. The van der Waals surface area contributed by atoms with Crippen molar-refractivity contribution in [2.75, 3.05) is 18.0 Å². The fourth-order valence-corrected chi connectivity index (χ4v) is 2.32. The summed E-state index contributed by atoms with van der Waals surface area (Å²) >= 11 is 0. The van der Waals surface area contributed by atoms with Crippen molar-refractivity contribution in [1.82, 2.24) is 0 Å². The van der Waals surface area contributed by atoms with Gasteiger partial charge in [-0.2, -0.15) is 0 Å². The molecule has 0 heterocycles. The summed E-state index contributed by atoms with van der Waals surface area (Å²) in [6, 6.07) is 6.20. The fourth-order valence-electron chi connectivity index (χ4n) is 2.32. The van der Waals surface area contributed by atoms with E-state index >= 15 is 0 Å². The zero-order valence-corrected chi connectivity index (χ0v) is 9.42. The Morgan fingerprint density at radius 2 is 1.93 bits per heavy atom. The van der Waals surface area contributed by atoms with Crippen molar-refractivity contribution in [3.8, 4) is 0 Å². The van der Waals surface area contributed by atoms with Crippen LogP contribution in [0.3, 0.4) is 0 Å². The first-order valence-corrected chi connectivity index (χ1v) is 5.68. The van der Waals surface area contributed by atoms with E-state index in [1.807, 2.05) is 0 Å². The Bertz CT molecular complexity index is 380. The highest BCUT2D eigenvalue weighted by molar-refractivity contribution is 6.05. The van der Waals surface area contributed by atoms with Crippen LogP contribution >= 0.6 is 0 Å². The summed E-state index contributed by atoms with van der Waals surface area (Å²) in [5.41, 5.74) is 3.32. The van der Waals surface area contributed by atoms with Crippen LogP contribution in [0, 0.1) is 0 Å². The second-order valence-electron chi connectivity index (χ2n) is 3.91. The largest absolute Gasteiger partial charge is 0.371 e. The van der Waals surface area contributed by atoms with Gasteiger partial charge in [-0.05, 0) is 31.9 Å². The highest BCUT2D eigenvalue weighted by atomic mass is 16.1. The Labute approximate surface area is 90.9 Å². The lowest BCUT2D eigenvalue weighted by Crippen LogP contribution is -2.23. The average molecular weight is 203 g/mol. The van der Waals surface area contributed by atoms with Gasteiger partial charge in [0.15, 0.2) is 5.78 Å². The van der Waals surface area contributed by atoms with Gasteiger partial charge in [0.05, 0.1) is 0 Å². The van der Waals surface area contributed by atoms with Gasteiger partial charge < -0.3 is 4.90 Å². The van der Waals surface area contributed by atoms with Crippen molar-refractivity contribution in [1.29, 1.82) is 0 Å². The minimum Gasteiger partial charge on any atom is -0.371 e. The number of Topliss-reactive ketones (excluding diaryl/α,β-unsaturated/α-hetero) is 1. The lowest BCUT2D eigenvalue weighted by atomic mass is 10.1. The summed E-state index contributed by atoms with van der Waals surface area (Å²) in [5, 5.41) is 0. The van der Waals surface area contributed by atoms with Gasteiger partial charge in [0, 0.05) is 30.8 Å². The Hall–Kier alpha value is -1.31. The molecular weight excluding hydrogens is 186 g/mol. The summed E-state index contributed by atoms with van der Waals surface area (Å²) in [7, 11) is 0. The predicted octanol–water partition coefficient (Wildman–Crippen LogP) is 2.66. The number of benzene rings is 1. The maximum absolute atomic E-state index is 11.8. The number of carbonyl (C=O) groups is 1. The van der Waals surface area contributed by atoms with E-state index in [4.69, 9.17) is 0 Å². The third-order valence-electron chi connectivity index (χ3n) is 3.13. The summed E-state index contributed by atoms with van der Waals surface area (Å²) in [5.74, 6) is 0.313. The van der Waals surface area contributed by atoms with Gasteiger partial charge in [0.25, 0.3) is 0 Å². The Balaban J connectivity index is 2.48. The number of nitrogens with zero attached hydrogens (tertiary/aromatic N) is 1. The normalized spacial score (nSPS) is 14.1. The van der Waals surface area contributed by atoms with E-state index in [0.29, 0.717) is 12.2 Å². The maximum Gasteiger partial charge on any atom is 0.165 e. The van der Waals surface area contributed by atoms with Crippen LogP contribution < -0.4 is 4.90 Å². The standard InChI is InChI=1S/C13H17NO/c1-3-14(4-2)11-7-5-6-10-8-9-12(15)13(10)11/h5-7H,3-4,8-9H2,1-2H3. The molecule has 0 N–H and O–H groups in total. The smallest absolute Gasteiger partial charge is 0.165 e. The van der Waals surface area contributed by atoms with Crippen molar-refractivity contribution in [2.45, 2.75) is 26.7 Å². The van der Waals surface area contributed by atoms with Crippen molar-refractivity contribution >= 4 is 11.5 Å². The van der Waals surface area contributed by atoms with Gasteiger partial charge >= 0.3 is 0 Å². The van der Waals surface area contributed by atoms with Gasteiger partial charge in [-0.15, -0.1) is 0 Å². The molecule has 1 aliphatic carbocycles. The molecule has 0 amide bonds. The quantitative estimate of drug-likeness (QED) is 0.752. The van der Waals surface area contributed by atoms with Crippen molar-refractivity contribution in [3.63, 3.8) is 0 Å². The number of aryl methyl sites for hydroxylation is 1. The van der Waals surface area contributed by atoms with Crippen LogP contribution in [0.4, 0.5) is 5.69 Å². The molecule has 1 aromatic rings. The number of hydrogen-bond acceptors (Lipinski definition) is 2. The molecule has 0 unspecified atom stereocenters. The molecule has 0 saturated heterocycles. The van der Waals surface area contributed by atoms with E-state index in [0.717, 1.165) is 30.8 Å². The number of ketones is 1. The molecular formula is C13H17NO. The summed E-state index contributed by atoms with van der Waals surface area (Å²) in [6.07, 6.45) is 1.61. The van der Waals surface area contributed by atoms with E-state index in [9.17, 15) is 4.79 Å². The van der Waals surface area contributed by atoms with E-state index in [-0.39, 0.29) is 0 Å². The van der Waals surface area contributed by atoms with Gasteiger partial charge in [0.2, 0.25) is 0 Å². The predicted molar refractivity (Wildman–Crippen MR) is 62.7 cm³/mol. The molecule has 0 bridgehead atoms. The summed E-state index contributed by atoms with van der Waals surface area (Å²) in [6.45, 7) is 6.17. The SMILES string of the molecule is CCN(CC)c1cccc2c1C(=O)CC2. The molecule has 0 fully saturated rings. The highest BCUT2D eigenvalue weighted by Gasteiger charge is 2.24. The fraction of sp³-hybridized carbons (Fsp3) is 0.462.